The van der Waals surface area contributed by atoms with Crippen LogP contribution in [0, 0.1) is 0 Å². The zero-order chi connectivity index (χ0) is 26.3. The molecule has 0 spiro atoms. The Morgan fingerprint density at radius 2 is 1.89 bits per heavy atom. The average molecular weight is 532 g/mol. The van der Waals surface area contributed by atoms with Gasteiger partial charge >= 0.3 is 0 Å². The number of carbonyl (C=O) groups excluding carboxylic acids is 2. The van der Waals surface area contributed by atoms with Crippen LogP contribution in [0.2, 0.25) is 0 Å². The molecule has 0 saturated carbocycles. The molecule has 2 fully saturated rings. The minimum absolute atomic E-state index is 0.0171. The highest BCUT2D eigenvalue weighted by atomic mass is 32.2. The fraction of sp³-hybridized carbons (Fsp3) is 0.462. The molecule has 2 N–H and O–H groups in total. The molecule has 0 aliphatic carbocycles. The molecule has 0 bridgehead atoms. The van der Waals surface area contributed by atoms with Crippen LogP contribution < -0.4 is 15.4 Å². The van der Waals surface area contributed by atoms with Crippen molar-refractivity contribution >= 4 is 27.5 Å². The van der Waals surface area contributed by atoms with Gasteiger partial charge in [-0.1, -0.05) is 12.1 Å². The summed E-state index contributed by atoms with van der Waals surface area (Å²) in [7, 11) is -2.18. The quantitative estimate of drug-likeness (QED) is 0.482. The van der Waals surface area contributed by atoms with Crippen LogP contribution in [0.5, 0.6) is 5.75 Å². The SMILES string of the molecule is COc1ccc(S(=O)(=O)N2CCOCC2)cc1CCC(=O)Nc1ccccc1C(=O)NC[C@H]1CCCO1. The highest BCUT2D eigenvalue weighted by Crippen LogP contribution is 2.26. The first-order valence-electron chi connectivity index (χ1n) is 12.4. The number of rotatable bonds is 10. The van der Waals surface area contributed by atoms with Gasteiger partial charge in [0.25, 0.3) is 5.91 Å². The lowest BCUT2D eigenvalue weighted by Gasteiger charge is -2.26. The van der Waals surface area contributed by atoms with Gasteiger partial charge in [0, 0.05) is 32.7 Å². The van der Waals surface area contributed by atoms with E-state index in [9.17, 15) is 18.0 Å². The maximum Gasteiger partial charge on any atom is 0.253 e. The van der Waals surface area contributed by atoms with E-state index in [4.69, 9.17) is 14.2 Å². The molecule has 0 radical (unpaired) electrons. The van der Waals surface area contributed by atoms with Gasteiger partial charge in [-0.3, -0.25) is 9.59 Å². The van der Waals surface area contributed by atoms with Gasteiger partial charge < -0.3 is 24.8 Å². The van der Waals surface area contributed by atoms with Gasteiger partial charge in [0.05, 0.1) is 42.6 Å². The summed E-state index contributed by atoms with van der Waals surface area (Å²) in [6.45, 7) is 2.44. The smallest absolute Gasteiger partial charge is 0.253 e. The van der Waals surface area contributed by atoms with Crippen molar-refractivity contribution < 1.29 is 32.2 Å². The number of nitrogens with one attached hydrogen (secondary N) is 2. The summed E-state index contributed by atoms with van der Waals surface area (Å²) >= 11 is 0. The van der Waals surface area contributed by atoms with E-state index < -0.39 is 10.0 Å². The number of morpholine rings is 1. The molecule has 4 rings (SSSR count). The number of nitrogens with zero attached hydrogens (tertiary/aromatic N) is 1. The molecule has 2 heterocycles. The van der Waals surface area contributed by atoms with Crippen molar-refractivity contribution in [2.45, 2.75) is 36.7 Å². The monoisotopic (exact) mass is 531 g/mol. The molecular formula is C26H33N3O7S. The number of carbonyl (C=O) groups is 2. The Morgan fingerprint density at radius 1 is 1.11 bits per heavy atom. The number of anilines is 1. The van der Waals surface area contributed by atoms with Gasteiger partial charge in [-0.05, 0) is 55.2 Å². The molecule has 2 aromatic carbocycles. The van der Waals surface area contributed by atoms with Crippen molar-refractivity contribution in [3.05, 3.63) is 53.6 Å². The number of para-hydroxylation sites is 1. The number of hydrogen-bond acceptors (Lipinski definition) is 7. The van der Waals surface area contributed by atoms with Crippen LogP contribution >= 0.6 is 0 Å². The van der Waals surface area contributed by atoms with Crippen molar-refractivity contribution in [3.8, 4) is 5.75 Å². The Labute approximate surface area is 217 Å². The van der Waals surface area contributed by atoms with Crippen LogP contribution in [-0.2, 0) is 30.7 Å². The molecular weight excluding hydrogens is 498 g/mol. The lowest BCUT2D eigenvalue weighted by atomic mass is 10.1. The average Bonchev–Trinajstić information content (AvgIpc) is 3.45. The van der Waals surface area contributed by atoms with E-state index >= 15 is 0 Å². The summed E-state index contributed by atoms with van der Waals surface area (Å²) in [6.07, 6.45) is 2.25. The van der Waals surface area contributed by atoms with E-state index in [-0.39, 0.29) is 35.7 Å². The number of sulfonamides is 1. The Hall–Kier alpha value is -2.99. The van der Waals surface area contributed by atoms with Crippen LogP contribution in [-0.4, -0.2) is 77.2 Å². The highest BCUT2D eigenvalue weighted by Gasteiger charge is 2.27. The number of hydrogen-bond donors (Lipinski definition) is 2. The second-order valence-electron chi connectivity index (χ2n) is 8.93. The normalized spacial score (nSPS) is 18.4. The fourth-order valence-corrected chi connectivity index (χ4v) is 5.86. The Bertz CT molecular complexity index is 1210. The number of aryl methyl sites for hydroxylation is 1. The lowest BCUT2D eigenvalue weighted by molar-refractivity contribution is -0.116. The van der Waals surface area contributed by atoms with E-state index in [0.29, 0.717) is 62.0 Å². The van der Waals surface area contributed by atoms with Crippen molar-refractivity contribution in [2.24, 2.45) is 0 Å². The highest BCUT2D eigenvalue weighted by molar-refractivity contribution is 7.89. The van der Waals surface area contributed by atoms with E-state index in [2.05, 4.69) is 10.6 Å². The van der Waals surface area contributed by atoms with Crippen LogP contribution in [0.3, 0.4) is 0 Å². The summed E-state index contributed by atoms with van der Waals surface area (Å²) in [5.74, 6) is -0.0837. The van der Waals surface area contributed by atoms with Crippen LogP contribution in [0.25, 0.3) is 0 Å². The first-order chi connectivity index (χ1) is 17.9. The molecule has 0 aromatic heterocycles. The summed E-state index contributed by atoms with van der Waals surface area (Å²) in [6, 6.07) is 11.5. The Balaban J connectivity index is 1.40. The molecule has 2 aliphatic rings. The molecule has 1 atom stereocenters. The van der Waals surface area contributed by atoms with Gasteiger partial charge in [0.15, 0.2) is 0 Å². The van der Waals surface area contributed by atoms with Crippen LogP contribution in [0.4, 0.5) is 5.69 Å². The molecule has 10 nitrogen and oxygen atoms in total. The largest absolute Gasteiger partial charge is 0.496 e. The van der Waals surface area contributed by atoms with Crippen molar-refractivity contribution in [2.75, 3.05) is 51.9 Å². The van der Waals surface area contributed by atoms with E-state index in [1.54, 1.807) is 36.4 Å². The van der Waals surface area contributed by atoms with Gasteiger partial charge in [-0.25, -0.2) is 8.42 Å². The van der Waals surface area contributed by atoms with Crippen molar-refractivity contribution in [3.63, 3.8) is 0 Å². The third kappa shape index (κ3) is 6.86. The summed E-state index contributed by atoms with van der Waals surface area (Å²) in [5.41, 5.74) is 1.38. The van der Waals surface area contributed by atoms with Gasteiger partial charge in [0.1, 0.15) is 5.75 Å². The zero-order valence-electron chi connectivity index (χ0n) is 20.9. The van der Waals surface area contributed by atoms with Gasteiger partial charge in [-0.2, -0.15) is 4.31 Å². The molecule has 37 heavy (non-hydrogen) atoms. The fourth-order valence-electron chi connectivity index (χ4n) is 4.40. The Morgan fingerprint density at radius 3 is 2.62 bits per heavy atom. The second kappa shape index (κ2) is 12.5. The van der Waals surface area contributed by atoms with Gasteiger partial charge in [-0.15, -0.1) is 0 Å². The van der Waals surface area contributed by atoms with Crippen LogP contribution in [0.1, 0.15) is 35.2 Å². The first-order valence-corrected chi connectivity index (χ1v) is 13.9. The maximum atomic E-state index is 13.1. The molecule has 2 aliphatic heterocycles. The van der Waals surface area contributed by atoms with E-state index in [1.165, 1.54) is 17.5 Å². The number of amides is 2. The summed E-state index contributed by atoms with van der Waals surface area (Å²) < 4.78 is 43.7. The zero-order valence-corrected chi connectivity index (χ0v) is 21.7. The third-order valence-electron chi connectivity index (χ3n) is 6.44. The van der Waals surface area contributed by atoms with Gasteiger partial charge in [0.2, 0.25) is 15.9 Å². The topological polar surface area (TPSA) is 123 Å². The number of ether oxygens (including phenoxy) is 3. The lowest BCUT2D eigenvalue weighted by Crippen LogP contribution is -2.40. The molecule has 200 valence electrons. The van der Waals surface area contributed by atoms with E-state index in [0.717, 1.165) is 12.8 Å². The predicted molar refractivity (Wildman–Crippen MR) is 137 cm³/mol. The van der Waals surface area contributed by atoms with E-state index in [1.807, 2.05) is 0 Å². The number of methoxy groups -OCH3 is 1. The Kier molecular flexibility index (Phi) is 9.14. The number of benzene rings is 2. The molecule has 11 heteroatoms. The third-order valence-corrected chi connectivity index (χ3v) is 8.34. The predicted octanol–water partition coefficient (Wildman–Crippen LogP) is 2.20. The molecule has 0 unspecified atom stereocenters. The minimum atomic E-state index is -3.68. The van der Waals surface area contributed by atoms with Crippen molar-refractivity contribution in [1.82, 2.24) is 9.62 Å². The standard InChI is InChI=1S/C26H33N3O7S/c1-34-24-10-9-21(37(32,33)29-12-15-35-16-13-29)17-19(24)8-11-25(30)28-23-7-3-2-6-22(23)26(31)27-18-20-5-4-14-36-20/h2-3,6-7,9-10,17,20H,4-5,8,11-16,18H2,1H3,(H,27,31)(H,28,30)/t20-/m1/s1. The maximum absolute atomic E-state index is 13.1. The minimum Gasteiger partial charge on any atom is -0.496 e. The second-order valence-corrected chi connectivity index (χ2v) is 10.9. The van der Waals surface area contributed by atoms with Crippen molar-refractivity contribution in [1.29, 1.82) is 0 Å². The molecule has 2 saturated heterocycles. The molecule has 2 aromatic rings. The summed E-state index contributed by atoms with van der Waals surface area (Å²) in [4.78, 5) is 25.7. The first kappa shape index (κ1) is 27.1. The van der Waals surface area contributed by atoms with Crippen LogP contribution in [0.15, 0.2) is 47.4 Å². The summed E-state index contributed by atoms with van der Waals surface area (Å²) in [5, 5.41) is 5.69. The molecule has 2 amide bonds.